The van der Waals surface area contributed by atoms with E-state index < -0.39 is 79.7 Å². The molecular formula is C30H32F8N6O2. The number of imidazole rings is 1. The van der Waals surface area contributed by atoms with Crippen LogP contribution in [0.3, 0.4) is 0 Å². The van der Waals surface area contributed by atoms with Gasteiger partial charge in [-0.05, 0) is 55.7 Å². The smallest absolute Gasteiger partial charge is 0.347 e. The van der Waals surface area contributed by atoms with E-state index in [1.165, 1.54) is 10.5 Å². The van der Waals surface area contributed by atoms with Gasteiger partial charge in [0.1, 0.15) is 0 Å². The van der Waals surface area contributed by atoms with Gasteiger partial charge in [0.05, 0.1) is 41.5 Å². The zero-order chi connectivity index (χ0) is 33.4. The summed E-state index contributed by atoms with van der Waals surface area (Å²) < 4.78 is 107. The predicted molar refractivity (Wildman–Crippen MR) is 148 cm³/mol. The first-order chi connectivity index (χ1) is 21.5. The van der Waals surface area contributed by atoms with E-state index in [1.807, 2.05) is 0 Å². The van der Waals surface area contributed by atoms with Crippen LogP contribution in [0, 0.1) is 17.8 Å². The Morgan fingerprint density at radius 3 is 2.22 bits per heavy atom. The molecule has 0 radical (unpaired) electrons. The largest absolute Gasteiger partial charge is 0.394 e. The molecule has 2 saturated carbocycles. The third-order valence-corrected chi connectivity index (χ3v) is 8.44. The molecule has 2 fully saturated rings. The monoisotopic (exact) mass is 660 g/mol. The van der Waals surface area contributed by atoms with Gasteiger partial charge in [0.15, 0.2) is 0 Å². The summed E-state index contributed by atoms with van der Waals surface area (Å²) in [5.74, 6) is -6.53. The first-order valence-corrected chi connectivity index (χ1v) is 14.9. The van der Waals surface area contributed by atoms with Crippen LogP contribution in [0.15, 0.2) is 36.8 Å². The third kappa shape index (κ3) is 8.49. The maximum Gasteiger partial charge on any atom is 0.394 e. The highest BCUT2D eigenvalue weighted by Crippen LogP contribution is 2.43. The molecule has 3 aromatic rings. The quantitative estimate of drug-likeness (QED) is 0.236. The molecule has 0 aliphatic heterocycles. The minimum atomic E-state index is -4.54. The van der Waals surface area contributed by atoms with Crippen LogP contribution >= 0.6 is 0 Å². The Morgan fingerprint density at radius 2 is 1.59 bits per heavy atom. The predicted octanol–water partition coefficient (Wildman–Crippen LogP) is 6.68. The van der Waals surface area contributed by atoms with Crippen molar-refractivity contribution in [1.29, 1.82) is 0 Å². The SMILES string of the molecule is CC(CC(=O)NC(c1ccn2cc([C@@H](NC(=O)c3ccnc(CC(F)(F)F)c3)C3CCC(F)(F)CC3)nc2n1)C1CC1)C(F)(F)F. The van der Waals surface area contributed by atoms with E-state index in [9.17, 15) is 44.7 Å². The third-order valence-electron chi connectivity index (χ3n) is 8.44. The number of hydrogen-bond donors (Lipinski definition) is 2. The molecule has 46 heavy (non-hydrogen) atoms. The van der Waals surface area contributed by atoms with E-state index in [0.29, 0.717) is 5.69 Å². The lowest BCUT2D eigenvalue weighted by Crippen LogP contribution is -2.37. The lowest BCUT2D eigenvalue weighted by Gasteiger charge is -2.33. The molecule has 0 bridgehead atoms. The number of rotatable bonds is 10. The Hall–Kier alpha value is -3.85. The molecule has 0 aromatic carbocycles. The van der Waals surface area contributed by atoms with Gasteiger partial charge in [-0.25, -0.2) is 18.7 Å². The van der Waals surface area contributed by atoms with E-state index in [1.54, 1.807) is 18.5 Å². The zero-order valence-electron chi connectivity index (χ0n) is 24.6. The summed E-state index contributed by atoms with van der Waals surface area (Å²) in [5.41, 5.74) is 0.215. The number of hydrogen-bond acceptors (Lipinski definition) is 5. The van der Waals surface area contributed by atoms with E-state index in [2.05, 4.69) is 25.6 Å². The number of amides is 2. The van der Waals surface area contributed by atoms with E-state index in [4.69, 9.17) is 0 Å². The second-order valence-electron chi connectivity index (χ2n) is 12.2. The highest BCUT2D eigenvalue weighted by molar-refractivity contribution is 5.94. The number of fused-ring (bicyclic) bond motifs is 1. The molecule has 250 valence electrons. The second-order valence-corrected chi connectivity index (χ2v) is 12.2. The van der Waals surface area contributed by atoms with E-state index in [0.717, 1.165) is 32.0 Å². The lowest BCUT2D eigenvalue weighted by atomic mass is 9.81. The fourth-order valence-corrected chi connectivity index (χ4v) is 5.69. The molecule has 2 N–H and O–H groups in total. The van der Waals surface area contributed by atoms with Gasteiger partial charge in [0.2, 0.25) is 17.6 Å². The van der Waals surface area contributed by atoms with Crippen molar-refractivity contribution >= 4 is 17.6 Å². The number of carbonyl (C=O) groups excluding carboxylic acids is 2. The summed E-state index contributed by atoms with van der Waals surface area (Å²) in [6.45, 7) is 0.931. The maximum atomic E-state index is 14.0. The van der Waals surface area contributed by atoms with E-state index >= 15 is 0 Å². The molecule has 5 rings (SSSR count). The average Bonchev–Trinajstić information content (AvgIpc) is 3.71. The van der Waals surface area contributed by atoms with Crippen LogP contribution in [-0.2, 0) is 11.2 Å². The number of nitrogens with zero attached hydrogens (tertiary/aromatic N) is 4. The Kier molecular flexibility index (Phi) is 9.28. The first kappa shape index (κ1) is 33.5. The van der Waals surface area contributed by atoms with Gasteiger partial charge < -0.3 is 10.6 Å². The molecule has 16 heteroatoms. The van der Waals surface area contributed by atoms with Crippen molar-refractivity contribution in [2.45, 2.75) is 88.6 Å². The minimum Gasteiger partial charge on any atom is -0.347 e. The number of aromatic nitrogens is 4. The Labute approximate surface area is 258 Å². The van der Waals surface area contributed by atoms with Gasteiger partial charge in [0.25, 0.3) is 5.91 Å². The molecule has 2 amide bonds. The average molecular weight is 661 g/mol. The summed E-state index contributed by atoms with van der Waals surface area (Å²) in [7, 11) is 0. The normalized spacial score (nSPS) is 19.4. The van der Waals surface area contributed by atoms with Crippen molar-refractivity contribution in [3.05, 3.63) is 59.4 Å². The number of carbonyl (C=O) groups is 2. The molecule has 2 unspecified atom stereocenters. The molecule has 3 aromatic heterocycles. The number of nitrogens with one attached hydrogen (secondary N) is 2. The van der Waals surface area contributed by atoms with Gasteiger partial charge in [-0.1, -0.05) is 6.92 Å². The fourth-order valence-electron chi connectivity index (χ4n) is 5.69. The minimum absolute atomic E-state index is 0.0203. The van der Waals surface area contributed by atoms with Crippen molar-refractivity contribution in [3.8, 4) is 0 Å². The van der Waals surface area contributed by atoms with Crippen molar-refractivity contribution in [3.63, 3.8) is 0 Å². The van der Waals surface area contributed by atoms with Gasteiger partial charge in [0, 0.05) is 43.4 Å². The van der Waals surface area contributed by atoms with E-state index in [-0.39, 0.29) is 41.5 Å². The van der Waals surface area contributed by atoms with Gasteiger partial charge in [-0.3, -0.25) is 19.0 Å². The highest BCUT2D eigenvalue weighted by atomic mass is 19.4. The molecule has 8 nitrogen and oxygen atoms in total. The molecule has 0 spiro atoms. The summed E-state index contributed by atoms with van der Waals surface area (Å²) in [6.07, 6.45) is -6.14. The van der Waals surface area contributed by atoms with Crippen molar-refractivity contribution in [1.82, 2.24) is 30.0 Å². The van der Waals surface area contributed by atoms with Crippen LogP contribution in [-0.4, -0.2) is 49.4 Å². The second kappa shape index (κ2) is 12.7. The molecule has 3 heterocycles. The maximum absolute atomic E-state index is 14.0. The van der Waals surface area contributed by atoms with Crippen molar-refractivity contribution in [2.24, 2.45) is 17.8 Å². The number of pyridine rings is 1. The van der Waals surface area contributed by atoms with Crippen LogP contribution in [0.5, 0.6) is 0 Å². The summed E-state index contributed by atoms with van der Waals surface area (Å²) in [4.78, 5) is 38.5. The first-order valence-electron chi connectivity index (χ1n) is 14.9. The highest BCUT2D eigenvalue weighted by Gasteiger charge is 2.41. The molecule has 3 atom stereocenters. The van der Waals surface area contributed by atoms with Gasteiger partial charge in [-0.2, -0.15) is 26.3 Å². The summed E-state index contributed by atoms with van der Waals surface area (Å²) in [6, 6.07) is 2.33. The standard InChI is InChI=1S/C30H32F8N6O2/c1-16(30(36,37)38)12-23(45)42-24(17-2-3-17)21-7-11-44-15-22(41-27(44)40-21)25(18-4-8-28(31,32)9-5-18)43-26(46)19-6-10-39-20(13-19)14-29(33,34)35/h6-7,10-11,13,15-18,24-25H,2-5,8-9,12,14H2,1H3,(H,42,45)(H,43,46)/t16?,24?,25-/m0/s1. The van der Waals surface area contributed by atoms with Crippen LogP contribution < -0.4 is 10.6 Å². The van der Waals surface area contributed by atoms with Crippen LogP contribution in [0.4, 0.5) is 35.1 Å². The Bertz CT molecular complexity index is 1560. The molecule has 2 aliphatic rings. The van der Waals surface area contributed by atoms with Gasteiger partial charge in [-0.15, -0.1) is 0 Å². The van der Waals surface area contributed by atoms with Crippen molar-refractivity contribution in [2.75, 3.05) is 0 Å². The van der Waals surface area contributed by atoms with Gasteiger partial charge >= 0.3 is 12.4 Å². The molecule has 0 saturated heterocycles. The Morgan fingerprint density at radius 1 is 0.957 bits per heavy atom. The fraction of sp³-hybridized carbons (Fsp3) is 0.567. The molecular weight excluding hydrogens is 628 g/mol. The van der Waals surface area contributed by atoms with Crippen LogP contribution in [0.2, 0.25) is 0 Å². The number of halogens is 8. The van der Waals surface area contributed by atoms with Crippen molar-refractivity contribution < 1.29 is 44.7 Å². The zero-order valence-corrected chi connectivity index (χ0v) is 24.6. The lowest BCUT2D eigenvalue weighted by molar-refractivity contribution is -0.174. The molecule has 2 aliphatic carbocycles. The topological polar surface area (TPSA) is 101 Å². The summed E-state index contributed by atoms with van der Waals surface area (Å²) in [5, 5.41) is 5.45. The number of alkyl halides is 8. The van der Waals surface area contributed by atoms with Crippen LogP contribution in [0.1, 0.15) is 91.4 Å². The summed E-state index contributed by atoms with van der Waals surface area (Å²) >= 11 is 0. The van der Waals surface area contributed by atoms with Crippen LogP contribution in [0.25, 0.3) is 5.78 Å². The Balaban J connectivity index is 1.40.